The Labute approximate surface area is 288 Å². The lowest BCUT2D eigenvalue weighted by Gasteiger charge is -2.37. The van der Waals surface area contributed by atoms with Crippen molar-refractivity contribution in [3.8, 4) is 0 Å². The Kier molecular flexibility index (Phi) is 15.6. The first-order valence-electron chi connectivity index (χ1n) is 17.9. The smallest absolute Gasteiger partial charge is 0.0701 e. The molecule has 2 N–H and O–H groups in total. The van der Waals surface area contributed by atoms with Crippen LogP contribution in [0.25, 0.3) is 0 Å². The minimum Gasteiger partial charge on any atom is -0.381 e. The van der Waals surface area contributed by atoms with Crippen molar-refractivity contribution >= 4 is 0 Å². The summed E-state index contributed by atoms with van der Waals surface area (Å²) in [5.74, 6) is 0. The van der Waals surface area contributed by atoms with E-state index in [9.17, 15) is 0 Å². The summed E-state index contributed by atoms with van der Waals surface area (Å²) in [7, 11) is 0. The van der Waals surface area contributed by atoms with Crippen LogP contribution in [0.15, 0.2) is 121 Å². The number of rotatable bonds is 21. The van der Waals surface area contributed by atoms with E-state index in [1.54, 1.807) is 0 Å². The SMILES string of the molecule is CCCOCCOCC(NC(CCOCCCOC1CC(c2ccccc2)NC(c2ccccc2)C1)c1ccccc1)c1ccccc1. The summed E-state index contributed by atoms with van der Waals surface area (Å²) in [5, 5.41) is 7.77. The van der Waals surface area contributed by atoms with E-state index in [0.29, 0.717) is 39.6 Å². The summed E-state index contributed by atoms with van der Waals surface area (Å²) >= 11 is 0. The molecule has 4 unspecified atom stereocenters. The normalized spacial score (nSPS) is 19.1. The molecule has 0 amide bonds. The highest BCUT2D eigenvalue weighted by Gasteiger charge is 2.30. The van der Waals surface area contributed by atoms with Gasteiger partial charge >= 0.3 is 0 Å². The van der Waals surface area contributed by atoms with Gasteiger partial charge in [0, 0.05) is 44.6 Å². The molecular formula is C42H54N2O4. The van der Waals surface area contributed by atoms with E-state index in [4.69, 9.17) is 18.9 Å². The Hall–Kier alpha value is -3.36. The summed E-state index contributed by atoms with van der Waals surface area (Å²) < 4.78 is 24.4. The van der Waals surface area contributed by atoms with Gasteiger partial charge in [-0.2, -0.15) is 0 Å². The highest BCUT2D eigenvalue weighted by atomic mass is 16.5. The third-order valence-electron chi connectivity index (χ3n) is 8.95. The van der Waals surface area contributed by atoms with E-state index < -0.39 is 0 Å². The van der Waals surface area contributed by atoms with Gasteiger partial charge in [0.05, 0.1) is 32.0 Å². The first-order valence-corrected chi connectivity index (χ1v) is 17.9. The van der Waals surface area contributed by atoms with Crippen molar-refractivity contribution in [1.29, 1.82) is 0 Å². The number of benzene rings is 4. The molecule has 4 aromatic rings. The van der Waals surface area contributed by atoms with Crippen LogP contribution in [0.1, 0.15) is 85.4 Å². The van der Waals surface area contributed by atoms with Gasteiger partial charge < -0.3 is 29.6 Å². The quantitative estimate of drug-likeness (QED) is 0.0882. The highest BCUT2D eigenvalue weighted by molar-refractivity contribution is 5.25. The van der Waals surface area contributed by atoms with Crippen LogP contribution in [0.5, 0.6) is 0 Å². The third-order valence-corrected chi connectivity index (χ3v) is 8.95. The molecule has 256 valence electrons. The van der Waals surface area contributed by atoms with E-state index in [-0.39, 0.29) is 30.3 Å². The summed E-state index contributed by atoms with van der Waals surface area (Å²) in [6.07, 6.45) is 4.89. The van der Waals surface area contributed by atoms with Gasteiger partial charge in [0.15, 0.2) is 0 Å². The zero-order chi connectivity index (χ0) is 33.1. The van der Waals surface area contributed by atoms with Gasteiger partial charge in [-0.15, -0.1) is 0 Å². The molecule has 1 heterocycles. The second kappa shape index (κ2) is 20.9. The van der Waals surface area contributed by atoms with Gasteiger partial charge in [0.25, 0.3) is 0 Å². The fraction of sp³-hybridized carbons (Fsp3) is 0.429. The van der Waals surface area contributed by atoms with Crippen molar-refractivity contribution in [2.24, 2.45) is 0 Å². The van der Waals surface area contributed by atoms with Gasteiger partial charge in [0.2, 0.25) is 0 Å². The first-order chi connectivity index (χ1) is 23.8. The molecule has 0 spiro atoms. The van der Waals surface area contributed by atoms with Crippen LogP contribution in [0.3, 0.4) is 0 Å². The van der Waals surface area contributed by atoms with Crippen LogP contribution >= 0.6 is 0 Å². The van der Waals surface area contributed by atoms with Crippen molar-refractivity contribution in [2.45, 2.75) is 69.3 Å². The minimum atomic E-state index is 0.0559. The van der Waals surface area contributed by atoms with Gasteiger partial charge in [-0.05, 0) is 54.4 Å². The Balaban J connectivity index is 1.09. The number of hydrogen-bond donors (Lipinski definition) is 2. The van der Waals surface area contributed by atoms with Gasteiger partial charge in [-0.3, -0.25) is 0 Å². The molecule has 0 radical (unpaired) electrons. The lowest BCUT2D eigenvalue weighted by atomic mass is 9.88. The average Bonchev–Trinajstić information content (AvgIpc) is 3.16. The molecule has 1 aliphatic rings. The summed E-state index contributed by atoms with van der Waals surface area (Å²) in [6, 6.07) is 43.4. The van der Waals surface area contributed by atoms with Gasteiger partial charge in [0.1, 0.15) is 0 Å². The Bertz CT molecular complexity index is 1330. The molecule has 5 rings (SSSR count). The molecule has 0 saturated carbocycles. The van der Waals surface area contributed by atoms with Crippen LogP contribution < -0.4 is 10.6 Å². The van der Waals surface area contributed by atoms with Crippen molar-refractivity contribution in [2.75, 3.05) is 46.2 Å². The number of piperidine rings is 1. The monoisotopic (exact) mass is 650 g/mol. The zero-order valence-electron chi connectivity index (χ0n) is 28.6. The number of hydrogen-bond acceptors (Lipinski definition) is 6. The standard InChI is InChI=1S/C42H54N2O4/c1-2-25-45-29-30-47-33-42(37-22-13-6-14-23-37)43-39(34-16-7-3-8-17-34)24-28-46-26-15-27-48-38-31-40(35-18-9-4-10-19-35)44-41(32-38)36-20-11-5-12-21-36/h3-14,16-23,38-44H,2,15,24-33H2,1H3. The van der Waals surface area contributed by atoms with Crippen molar-refractivity contribution in [3.05, 3.63) is 144 Å². The third kappa shape index (κ3) is 12.0. The first kappa shape index (κ1) is 35.9. The predicted molar refractivity (Wildman–Crippen MR) is 194 cm³/mol. The molecule has 6 nitrogen and oxygen atoms in total. The number of nitrogens with one attached hydrogen (secondary N) is 2. The topological polar surface area (TPSA) is 61.0 Å². The predicted octanol–water partition coefficient (Wildman–Crippen LogP) is 8.55. The lowest BCUT2D eigenvalue weighted by Crippen LogP contribution is -2.38. The van der Waals surface area contributed by atoms with E-state index in [2.05, 4.69) is 139 Å². The Morgan fingerprint density at radius 1 is 0.583 bits per heavy atom. The fourth-order valence-electron chi connectivity index (χ4n) is 6.45. The maximum atomic E-state index is 6.50. The van der Waals surface area contributed by atoms with Crippen LogP contribution in [-0.4, -0.2) is 52.4 Å². The van der Waals surface area contributed by atoms with Crippen molar-refractivity contribution in [3.63, 3.8) is 0 Å². The number of ether oxygens (including phenoxy) is 4. The van der Waals surface area contributed by atoms with Gasteiger partial charge in [-0.1, -0.05) is 128 Å². The second-order valence-corrected chi connectivity index (χ2v) is 12.6. The Morgan fingerprint density at radius 2 is 1.10 bits per heavy atom. The molecule has 0 aliphatic carbocycles. The van der Waals surface area contributed by atoms with Crippen LogP contribution in [-0.2, 0) is 18.9 Å². The average molecular weight is 651 g/mol. The minimum absolute atomic E-state index is 0.0559. The zero-order valence-corrected chi connectivity index (χ0v) is 28.6. The molecule has 1 saturated heterocycles. The molecule has 1 aliphatic heterocycles. The van der Waals surface area contributed by atoms with Crippen LogP contribution in [0.4, 0.5) is 0 Å². The maximum Gasteiger partial charge on any atom is 0.0701 e. The van der Waals surface area contributed by atoms with Crippen LogP contribution in [0, 0.1) is 0 Å². The summed E-state index contributed by atoms with van der Waals surface area (Å²) in [6.45, 7) is 6.72. The summed E-state index contributed by atoms with van der Waals surface area (Å²) in [4.78, 5) is 0. The molecule has 4 aromatic carbocycles. The van der Waals surface area contributed by atoms with E-state index in [1.165, 1.54) is 22.3 Å². The summed E-state index contributed by atoms with van der Waals surface area (Å²) in [5.41, 5.74) is 5.11. The molecule has 48 heavy (non-hydrogen) atoms. The second-order valence-electron chi connectivity index (χ2n) is 12.6. The van der Waals surface area contributed by atoms with Gasteiger partial charge in [-0.25, -0.2) is 0 Å². The van der Waals surface area contributed by atoms with Crippen molar-refractivity contribution in [1.82, 2.24) is 10.6 Å². The van der Waals surface area contributed by atoms with Crippen LogP contribution in [0.2, 0.25) is 0 Å². The lowest BCUT2D eigenvalue weighted by molar-refractivity contribution is -0.00264. The molecule has 0 aromatic heterocycles. The maximum absolute atomic E-state index is 6.50. The van der Waals surface area contributed by atoms with E-state index in [1.807, 2.05) is 0 Å². The van der Waals surface area contributed by atoms with E-state index >= 15 is 0 Å². The molecule has 4 atom stereocenters. The molecule has 6 heteroatoms. The Morgan fingerprint density at radius 3 is 1.69 bits per heavy atom. The van der Waals surface area contributed by atoms with E-state index in [0.717, 1.165) is 38.7 Å². The highest BCUT2D eigenvalue weighted by Crippen LogP contribution is 2.34. The fourth-order valence-corrected chi connectivity index (χ4v) is 6.45. The molecule has 1 fully saturated rings. The molecular weight excluding hydrogens is 596 g/mol. The largest absolute Gasteiger partial charge is 0.381 e. The van der Waals surface area contributed by atoms with Crippen molar-refractivity contribution < 1.29 is 18.9 Å². The molecule has 0 bridgehead atoms.